The minimum absolute atomic E-state index is 0.244. The number of rotatable bonds is 5. The minimum atomic E-state index is -0.244. The number of hydrogen-bond acceptors (Lipinski definition) is 3. The highest BCUT2D eigenvalue weighted by Crippen LogP contribution is 2.23. The molecule has 1 N–H and O–H groups in total. The summed E-state index contributed by atoms with van der Waals surface area (Å²) in [5.41, 5.74) is 2.01. The minimum Gasteiger partial charge on any atom is -0.298 e. The second-order valence-corrected chi connectivity index (χ2v) is 7.22. The van der Waals surface area contributed by atoms with Crippen LogP contribution in [0, 0.1) is 0 Å². The van der Waals surface area contributed by atoms with Crippen molar-refractivity contribution >= 4 is 51.7 Å². The first-order valence-electron chi connectivity index (χ1n) is 7.53. The van der Waals surface area contributed by atoms with Crippen LogP contribution in [0.25, 0.3) is 6.08 Å². The Morgan fingerprint density at radius 3 is 2.68 bits per heavy atom. The lowest BCUT2D eigenvalue weighted by Crippen LogP contribution is -2.07. The SMILES string of the molecule is O=C(/C=C\c1ccc(Cl)c(Cl)c1)Nc1ncc(Cc2ccccc2)s1. The highest BCUT2D eigenvalue weighted by molar-refractivity contribution is 7.15. The zero-order valence-electron chi connectivity index (χ0n) is 13.1. The summed E-state index contributed by atoms with van der Waals surface area (Å²) in [7, 11) is 0. The van der Waals surface area contributed by atoms with Crippen LogP contribution in [0.15, 0.2) is 60.8 Å². The molecule has 25 heavy (non-hydrogen) atoms. The van der Waals surface area contributed by atoms with Crippen LogP contribution in [0.5, 0.6) is 0 Å². The van der Waals surface area contributed by atoms with Crippen molar-refractivity contribution in [3.8, 4) is 0 Å². The van der Waals surface area contributed by atoms with Crippen LogP contribution >= 0.6 is 34.5 Å². The van der Waals surface area contributed by atoms with Crippen LogP contribution in [0.1, 0.15) is 16.0 Å². The van der Waals surface area contributed by atoms with Crippen molar-refractivity contribution in [3.63, 3.8) is 0 Å². The van der Waals surface area contributed by atoms with Gasteiger partial charge in [0.15, 0.2) is 5.13 Å². The summed E-state index contributed by atoms with van der Waals surface area (Å²) in [4.78, 5) is 17.4. The van der Waals surface area contributed by atoms with Crippen LogP contribution in [0.3, 0.4) is 0 Å². The monoisotopic (exact) mass is 388 g/mol. The van der Waals surface area contributed by atoms with Crippen molar-refractivity contribution in [2.45, 2.75) is 6.42 Å². The molecule has 0 aliphatic rings. The van der Waals surface area contributed by atoms with E-state index < -0.39 is 0 Å². The van der Waals surface area contributed by atoms with Gasteiger partial charge in [-0.1, -0.05) is 59.6 Å². The molecule has 0 aliphatic heterocycles. The Kier molecular flexibility index (Phi) is 5.87. The van der Waals surface area contributed by atoms with E-state index in [1.165, 1.54) is 23.0 Å². The molecule has 0 saturated heterocycles. The first kappa shape index (κ1) is 17.7. The molecule has 6 heteroatoms. The molecule has 3 nitrogen and oxygen atoms in total. The summed E-state index contributed by atoms with van der Waals surface area (Å²) in [6, 6.07) is 15.3. The number of anilines is 1. The van der Waals surface area contributed by atoms with Crippen molar-refractivity contribution in [1.82, 2.24) is 4.98 Å². The smallest absolute Gasteiger partial charge is 0.250 e. The van der Waals surface area contributed by atoms with Gasteiger partial charge in [0.05, 0.1) is 10.0 Å². The van der Waals surface area contributed by atoms with Gasteiger partial charge in [-0.05, 0) is 29.3 Å². The Balaban J connectivity index is 1.59. The fraction of sp³-hybridized carbons (Fsp3) is 0.0526. The fourth-order valence-electron chi connectivity index (χ4n) is 2.18. The van der Waals surface area contributed by atoms with Gasteiger partial charge in [-0.2, -0.15) is 0 Å². The molecule has 0 aliphatic carbocycles. The highest BCUT2D eigenvalue weighted by Gasteiger charge is 2.05. The van der Waals surface area contributed by atoms with Crippen LogP contribution < -0.4 is 5.32 Å². The zero-order chi connectivity index (χ0) is 17.6. The maximum absolute atomic E-state index is 12.0. The van der Waals surface area contributed by atoms with Crippen LogP contribution in [-0.4, -0.2) is 10.9 Å². The van der Waals surface area contributed by atoms with E-state index in [9.17, 15) is 4.79 Å². The van der Waals surface area contributed by atoms with E-state index in [1.54, 1.807) is 30.5 Å². The number of benzene rings is 2. The second kappa shape index (κ2) is 8.30. The molecular formula is C19H14Cl2N2OS. The summed E-state index contributed by atoms with van der Waals surface area (Å²) >= 11 is 13.3. The van der Waals surface area contributed by atoms with Crippen LogP contribution in [0.2, 0.25) is 10.0 Å². The number of amides is 1. The molecule has 0 bridgehead atoms. The third kappa shape index (κ3) is 5.16. The maximum atomic E-state index is 12.0. The van der Waals surface area contributed by atoms with Gasteiger partial charge in [-0.25, -0.2) is 4.98 Å². The number of carbonyl (C=O) groups excluding carboxylic acids is 1. The normalized spacial score (nSPS) is 11.0. The largest absolute Gasteiger partial charge is 0.298 e. The summed E-state index contributed by atoms with van der Waals surface area (Å²) in [5, 5.41) is 4.28. The number of nitrogens with one attached hydrogen (secondary N) is 1. The molecule has 1 amide bonds. The molecule has 0 unspecified atom stereocenters. The van der Waals surface area contributed by atoms with Crippen LogP contribution in [0.4, 0.5) is 5.13 Å². The summed E-state index contributed by atoms with van der Waals surface area (Å²) in [6.07, 6.45) is 5.71. The van der Waals surface area contributed by atoms with E-state index in [0.29, 0.717) is 15.2 Å². The quantitative estimate of drug-likeness (QED) is 0.570. The number of thiazole rings is 1. The molecule has 3 rings (SSSR count). The molecule has 1 aromatic heterocycles. The van der Waals surface area contributed by atoms with E-state index >= 15 is 0 Å². The summed E-state index contributed by atoms with van der Waals surface area (Å²) in [6.45, 7) is 0. The number of halogens is 2. The van der Waals surface area contributed by atoms with E-state index in [4.69, 9.17) is 23.2 Å². The van der Waals surface area contributed by atoms with Crippen molar-refractivity contribution in [3.05, 3.63) is 86.9 Å². The summed E-state index contributed by atoms with van der Waals surface area (Å²) < 4.78 is 0. The van der Waals surface area contributed by atoms with E-state index in [0.717, 1.165) is 16.9 Å². The van der Waals surface area contributed by atoms with E-state index in [2.05, 4.69) is 22.4 Å². The highest BCUT2D eigenvalue weighted by atomic mass is 35.5. The molecule has 1 heterocycles. The molecule has 126 valence electrons. The fourth-order valence-corrected chi connectivity index (χ4v) is 3.34. The van der Waals surface area contributed by atoms with Crippen molar-refractivity contribution < 1.29 is 4.79 Å². The average Bonchev–Trinajstić information content (AvgIpc) is 3.03. The van der Waals surface area contributed by atoms with Gasteiger partial charge in [-0.15, -0.1) is 11.3 Å². The van der Waals surface area contributed by atoms with Crippen LogP contribution in [-0.2, 0) is 11.2 Å². The number of carbonyl (C=O) groups is 1. The van der Waals surface area contributed by atoms with E-state index in [-0.39, 0.29) is 5.91 Å². The van der Waals surface area contributed by atoms with Crippen molar-refractivity contribution in [1.29, 1.82) is 0 Å². The number of aromatic nitrogens is 1. The zero-order valence-corrected chi connectivity index (χ0v) is 15.4. The average molecular weight is 389 g/mol. The van der Waals surface area contributed by atoms with Gasteiger partial charge in [-0.3, -0.25) is 10.1 Å². The topological polar surface area (TPSA) is 42.0 Å². The molecular weight excluding hydrogens is 375 g/mol. The molecule has 0 atom stereocenters. The predicted octanol–water partition coefficient (Wildman–Crippen LogP) is 5.69. The lowest BCUT2D eigenvalue weighted by atomic mass is 10.1. The molecule has 0 spiro atoms. The third-order valence-corrected chi connectivity index (χ3v) is 5.03. The lowest BCUT2D eigenvalue weighted by Gasteiger charge is -1.98. The van der Waals surface area contributed by atoms with Gasteiger partial charge in [0.1, 0.15) is 0 Å². The van der Waals surface area contributed by atoms with Gasteiger partial charge in [0.25, 0.3) is 0 Å². The van der Waals surface area contributed by atoms with Gasteiger partial charge in [0.2, 0.25) is 5.91 Å². The maximum Gasteiger partial charge on any atom is 0.250 e. The first-order valence-corrected chi connectivity index (χ1v) is 9.10. The molecule has 3 aromatic rings. The predicted molar refractivity (Wildman–Crippen MR) is 105 cm³/mol. The molecule has 0 fully saturated rings. The number of nitrogens with zero attached hydrogens (tertiary/aromatic N) is 1. The second-order valence-electron chi connectivity index (χ2n) is 5.29. The Bertz CT molecular complexity index is 907. The lowest BCUT2D eigenvalue weighted by molar-refractivity contribution is -0.111. The Morgan fingerprint density at radius 2 is 1.92 bits per heavy atom. The first-order chi connectivity index (χ1) is 12.1. The third-order valence-electron chi connectivity index (χ3n) is 3.38. The molecule has 0 radical (unpaired) electrons. The van der Waals surface area contributed by atoms with Gasteiger partial charge < -0.3 is 0 Å². The summed E-state index contributed by atoms with van der Waals surface area (Å²) in [5.74, 6) is -0.244. The Morgan fingerprint density at radius 1 is 1.12 bits per heavy atom. The molecule has 2 aromatic carbocycles. The van der Waals surface area contributed by atoms with Crippen molar-refractivity contribution in [2.24, 2.45) is 0 Å². The molecule has 0 saturated carbocycles. The number of hydrogen-bond donors (Lipinski definition) is 1. The van der Waals surface area contributed by atoms with Gasteiger partial charge in [0, 0.05) is 23.6 Å². The Hall–Kier alpha value is -2.14. The standard InChI is InChI=1S/C19H14Cl2N2OS/c20-16-8-6-14(11-17(16)21)7-9-18(24)23-19-22-12-15(25-19)10-13-4-2-1-3-5-13/h1-9,11-12H,10H2,(H,22,23,24)/b9-7-. The Labute approximate surface area is 159 Å². The van der Waals surface area contributed by atoms with E-state index in [1.807, 2.05) is 18.2 Å². The van der Waals surface area contributed by atoms with Gasteiger partial charge >= 0.3 is 0 Å². The van der Waals surface area contributed by atoms with Crippen molar-refractivity contribution in [2.75, 3.05) is 5.32 Å².